The van der Waals surface area contributed by atoms with E-state index in [1.807, 2.05) is 0 Å². The molecule has 1 amide bonds. The third-order valence-corrected chi connectivity index (χ3v) is 2.69. The van der Waals surface area contributed by atoms with E-state index in [9.17, 15) is 19.3 Å². The fourth-order valence-electron chi connectivity index (χ4n) is 1.68. The highest BCUT2D eigenvalue weighted by Crippen LogP contribution is 2.18. The van der Waals surface area contributed by atoms with Crippen molar-refractivity contribution >= 4 is 17.3 Å². The molecule has 0 heterocycles. The van der Waals surface area contributed by atoms with Gasteiger partial charge in [-0.1, -0.05) is 12.1 Å². The average molecular weight is 274 g/mol. The number of nitro benzene ring substituents is 1. The molecule has 0 atom stereocenters. The zero-order valence-electron chi connectivity index (χ0n) is 10.6. The summed E-state index contributed by atoms with van der Waals surface area (Å²) in [5.41, 5.74) is 0.671. The number of nitro groups is 1. The van der Waals surface area contributed by atoms with Crippen LogP contribution in [0.15, 0.2) is 42.5 Å². The van der Waals surface area contributed by atoms with Gasteiger partial charge in [-0.25, -0.2) is 4.39 Å². The molecule has 0 saturated carbocycles. The van der Waals surface area contributed by atoms with E-state index in [1.54, 1.807) is 13.0 Å². The molecule has 20 heavy (non-hydrogen) atoms. The molecule has 102 valence electrons. The van der Waals surface area contributed by atoms with E-state index in [2.05, 4.69) is 5.32 Å². The number of hydrogen-bond donors (Lipinski definition) is 1. The number of nitrogens with zero attached hydrogens (tertiary/aromatic N) is 1. The lowest BCUT2D eigenvalue weighted by Gasteiger charge is -2.07. The summed E-state index contributed by atoms with van der Waals surface area (Å²) in [4.78, 5) is 22.0. The summed E-state index contributed by atoms with van der Waals surface area (Å²) in [6.07, 6.45) is 0. The lowest BCUT2D eigenvalue weighted by Crippen LogP contribution is -2.13. The van der Waals surface area contributed by atoms with Crippen LogP contribution in [0.5, 0.6) is 0 Å². The van der Waals surface area contributed by atoms with Gasteiger partial charge in [-0.05, 0) is 30.7 Å². The molecule has 0 aliphatic carbocycles. The van der Waals surface area contributed by atoms with Gasteiger partial charge in [-0.2, -0.15) is 0 Å². The third kappa shape index (κ3) is 2.97. The highest BCUT2D eigenvalue weighted by Gasteiger charge is 2.13. The van der Waals surface area contributed by atoms with Crippen molar-refractivity contribution in [1.29, 1.82) is 0 Å². The summed E-state index contributed by atoms with van der Waals surface area (Å²) in [6.45, 7) is 1.73. The Labute approximate surface area is 114 Å². The first-order valence-corrected chi connectivity index (χ1v) is 5.79. The van der Waals surface area contributed by atoms with E-state index >= 15 is 0 Å². The molecule has 0 aliphatic heterocycles. The summed E-state index contributed by atoms with van der Waals surface area (Å²) in [7, 11) is 0. The molecule has 0 radical (unpaired) electrons. The molecule has 0 bridgehead atoms. The third-order valence-electron chi connectivity index (χ3n) is 2.69. The Morgan fingerprint density at radius 2 is 2.00 bits per heavy atom. The molecule has 2 aromatic rings. The molecule has 0 unspecified atom stereocenters. The average Bonchev–Trinajstić information content (AvgIpc) is 2.42. The maximum atomic E-state index is 13.6. The van der Waals surface area contributed by atoms with Crippen LogP contribution in [-0.4, -0.2) is 10.8 Å². The van der Waals surface area contributed by atoms with Gasteiger partial charge < -0.3 is 5.32 Å². The fourth-order valence-corrected chi connectivity index (χ4v) is 1.68. The van der Waals surface area contributed by atoms with Gasteiger partial charge in [0, 0.05) is 17.7 Å². The first-order valence-electron chi connectivity index (χ1n) is 5.79. The number of carbonyl (C=O) groups excluding carboxylic acids is 1. The second-order valence-corrected chi connectivity index (χ2v) is 4.24. The SMILES string of the molecule is Cc1ccc(NC(=O)c2cccc([N+](=O)[O-])c2)c(F)c1. The van der Waals surface area contributed by atoms with Gasteiger partial charge in [0.15, 0.2) is 0 Å². The normalized spacial score (nSPS) is 10.1. The van der Waals surface area contributed by atoms with Gasteiger partial charge in [0.1, 0.15) is 5.82 Å². The maximum absolute atomic E-state index is 13.6. The number of aryl methyl sites for hydroxylation is 1. The Balaban J connectivity index is 2.24. The van der Waals surface area contributed by atoms with Crippen LogP contribution in [0, 0.1) is 22.9 Å². The van der Waals surface area contributed by atoms with Crippen molar-refractivity contribution in [3.63, 3.8) is 0 Å². The number of rotatable bonds is 3. The van der Waals surface area contributed by atoms with E-state index in [0.717, 1.165) is 11.6 Å². The second-order valence-electron chi connectivity index (χ2n) is 4.24. The van der Waals surface area contributed by atoms with Crippen LogP contribution in [-0.2, 0) is 0 Å². The monoisotopic (exact) mass is 274 g/mol. The van der Waals surface area contributed by atoms with E-state index in [4.69, 9.17) is 0 Å². The first-order chi connectivity index (χ1) is 9.47. The molecule has 2 rings (SSSR count). The van der Waals surface area contributed by atoms with Gasteiger partial charge >= 0.3 is 0 Å². The number of anilines is 1. The predicted molar refractivity (Wildman–Crippen MR) is 72.2 cm³/mol. The van der Waals surface area contributed by atoms with E-state index in [1.165, 1.54) is 30.3 Å². The topological polar surface area (TPSA) is 72.2 Å². The zero-order valence-corrected chi connectivity index (χ0v) is 10.6. The molecule has 0 aliphatic rings. The van der Waals surface area contributed by atoms with E-state index in [0.29, 0.717) is 0 Å². The van der Waals surface area contributed by atoms with Crippen LogP contribution in [0.1, 0.15) is 15.9 Å². The fraction of sp³-hybridized carbons (Fsp3) is 0.0714. The minimum Gasteiger partial charge on any atom is -0.319 e. The number of hydrogen-bond acceptors (Lipinski definition) is 3. The number of carbonyl (C=O) groups is 1. The van der Waals surface area contributed by atoms with Crippen molar-refractivity contribution in [1.82, 2.24) is 0 Å². The lowest BCUT2D eigenvalue weighted by atomic mass is 10.1. The van der Waals surface area contributed by atoms with Gasteiger partial charge in [0.25, 0.3) is 11.6 Å². The molecule has 0 aromatic heterocycles. The van der Waals surface area contributed by atoms with Crippen molar-refractivity contribution in [2.45, 2.75) is 6.92 Å². The molecule has 0 fully saturated rings. The number of nitrogens with one attached hydrogen (secondary N) is 1. The first kappa shape index (κ1) is 13.7. The predicted octanol–water partition coefficient (Wildman–Crippen LogP) is 3.29. The molecule has 0 saturated heterocycles. The number of non-ortho nitro benzene ring substituents is 1. The molecule has 2 aromatic carbocycles. The Hall–Kier alpha value is -2.76. The van der Waals surface area contributed by atoms with Crippen LogP contribution in [0.4, 0.5) is 15.8 Å². The number of halogens is 1. The van der Waals surface area contributed by atoms with Gasteiger partial charge in [0.2, 0.25) is 0 Å². The minimum atomic E-state index is -0.601. The van der Waals surface area contributed by atoms with Crippen molar-refractivity contribution < 1.29 is 14.1 Å². The zero-order chi connectivity index (χ0) is 14.7. The lowest BCUT2D eigenvalue weighted by molar-refractivity contribution is -0.384. The number of benzene rings is 2. The molecule has 5 nitrogen and oxygen atoms in total. The number of amides is 1. The Morgan fingerprint density at radius 3 is 2.65 bits per heavy atom. The van der Waals surface area contributed by atoms with Crippen LogP contribution in [0.2, 0.25) is 0 Å². The van der Waals surface area contributed by atoms with Crippen molar-refractivity contribution in [3.05, 3.63) is 69.5 Å². The van der Waals surface area contributed by atoms with E-state index in [-0.39, 0.29) is 16.9 Å². The molecule has 1 N–H and O–H groups in total. The van der Waals surface area contributed by atoms with Crippen molar-refractivity contribution in [2.24, 2.45) is 0 Å². The largest absolute Gasteiger partial charge is 0.319 e. The second kappa shape index (κ2) is 5.48. The molecule has 0 spiro atoms. The van der Waals surface area contributed by atoms with Crippen molar-refractivity contribution in [2.75, 3.05) is 5.32 Å². The minimum absolute atomic E-state index is 0.0344. The van der Waals surface area contributed by atoms with Gasteiger partial charge in [0.05, 0.1) is 10.6 Å². The molecular weight excluding hydrogens is 263 g/mol. The molecular formula is C14H11FN2O3. The van der Waals surface area contributed by atoms with Crippen LogP contribution < -0.4 is 5.32 Å². The Bertz CT molecular complexity index is 686. The quantitative estimate of drug-likeness (QED) is 0.689. The van der Waals surface area contributed by atoms with Crippen LogP contribution in [0.25, 0.3) is 0 Å². The van der Waals surface area contributed by atoms with E-state index < -0.39 is 16.6 Å². The highest BCUT2D eigenvalue weighted by molar-refractivity contribution is 6.04. The summed E-state index contributed by atoms with van der Waals surface area (Å²) in [6, 6.07) is 9.65. The maximum Gasteiger partial charge on any atom is 0.270 e. The summed E-state index contributed by atoms with van der Waals surface area (Å²) in [5.74, 6) is -1.15. The van der Waals surface area contributed by atoms with Crippen LogP contribution >= 0.6 is 0 Å². The summed E-state index contributed by atoms with van der Waals surface area (Å²) < 4.78 is 13.6. The standard InChI is InChI=1S/C14H11FN2O3/c1-9-5-6-13(12(15)7-9)16-14(18)10-3-2-4-11(8-10)17(19)20/h2-8H,1H3,(H,16,18). The summed E-state index contributed by atoms with van der Waals surface area (Å²) in [5, 5.41) is 13.0. The smallest absolute Gasteiger partial charge is 0.270 e. The molecule has 6 heteroatoms. The highest BCUT2D eigenvalue weighted by atomic mass is 19.1. The van der Waals surface area contributed by atoms with Gasteiger partial charge in [-0.15, -0.1) is 0 Å². The Morgan fingerprint density at radius 1 is 1.25 bits per heavy atom. The van der Waals surface area contributed by atoms with Crippen molar-refractivity contribution in [3.8, 4) is 0 Å². The Kier molecular flexibility index (Phi) is 3.74. The summed E-state index contributed by atoms with van der Waals surface area (Å²) >= 11 is 0. The van der Waals surface area contributed by atoms with Crippen LogP contribution in [0.3, 0.4) is 0 Å². The van der Waals surface area contributed by atoms with Gasteiger partial charge in [-0.3, -0.25) is 14.9 Å².